The van der Waals surface area contributed by atoms with Gasteiger partial charge in [-0.15, -0.1) is 0 Å². The first kappa shape index (κ1) is 7.98. The van der Waals surface area contributed by atoms with Crippen molar-refractivity contribution in [2.75, 3.05) is 0 Å². The minimum atomic E-state index is -0.367. The fraction of sp³-hybridized carbons (Fsp3) is 0.200. The zero-order valence-electron chi connectivity index (χ0n) is 7.16. The van der Waals surface area contributed by atoms with Crippen molar-refractivity contribution < 1.29 is 4.79 Å². The highest BCUT2D eigenvalue weighted by molar-refractivity contribution is 5.95. The van der Waals surface area contributed by atoms with Gasteiger partial charge in [0, 0.05) is 18.2 Å². The highest BCUT2D eigenvalue weighted by Crippen LogP contribution is 2.18. The van der Waals surface area contributed by atoms with Crippen molar-refractivity contribution in [3.63, 3.8) is 0 Å². The molecule has 0 radical (unpaired) electrons. The van der Waals surface area contributed by atoms with E-state index in [2.05, 4.69) is 4.99 Å². The zero-order chi connectivity index (χ0) is 9.26. The molecule has 0 atom stereocenters. The van der Waals surface area contributed by atoms with Gasteiger partial charge in [0.2, 0.25) is 5.91 Å². The Bertz CT molecular complexity index is 383. The van der Waals surface area contributed by atoms with Crippen LogP contribution in [0.25, 0.3) is 0 Å². The third-order valence-electron chi connectivity index (χ3n) is 2.23. The van der Waals surface area contributed by atoms with Crippen LogP contribution in [0.2, 0.25) is 0 Å². The number of nitrogens with zero attached hydrogens (tertiary/aromatic N) is 1. The minimum absolute atomic E-state index is 0.367. The fourth-order valence-corrected chi connectivity index (χ4v) is 1.56. The molecule has 0 aliphatic carbocycles. The number of nitrogens with two attached hydrogens (primary N) is 1. The number of hydrogen-bond acceptors (Lipinski definition) is 2. The molecule has 1 aliphatic rings. The van der Waals surface area contributed by atoms with Crippen molar-refractivity contribution in [2.45, 2.75) is 13.0 Å². The van der Waals surface area contributed by atoms with Gasteiger partial charge in [0.15, 0.2) is 0 Å². The van der Waals surface area contributed by atoms with Gasteiger partial charge in [-0.05, 0) is 17.2 Å². The third kappa shape index (κ3) is 1.33. The van der Waals surface area contributed by atoms with Gasteiger partial charge in [-0.25, -0.2) is 0 Å². The van der Waals surface area contributed by atoms with Gasteiger partial charge in [0.25, 0.3) is 0 Å². The Morgan fingerprint density at radius 1 is 1.46 bits per heavy atom. The Balaban J connectivity index is 2.55. The van der Waals surface area contributed by atoms with Crippen LogP contribution in [0.1, 0.15) is 21.5 Å². The molecule has 3 heteroatoms. The van der Waals surface area contributed by atoms with Crippen molar-refractivity contribution in [1.82, 2.24) is 0 Å². The number of carbonyl (C=O) groups excluding carboxylic acids is 1. The van der Waals surface area contributed by atoms with Crippen LogP contribution in [-0.4, -0.2) is 12.1 Å². The number of carbonyl (C=O) groups is 1. The molecule has 1 amide bonds. The summed E-state index contributed by atoms with van der Waals surface area (Å²) in [6, 6.07) is 5.62. The average Bonchev–Trinajstić information content (AvgIpc) is 2.17. The summed E-state index contributed by atoms with van der Waals surface area (Å²) >= 11 is 0. The van der Waals surface area contributed by atoms with E-state index in [-0.39, 0.29) is 5.91 Å². The first-order chi connectivity index (χ1) is 6.29. The van der Waals surface area contributed by atoms with E-state index in [4.69, 9.17) is 5.73 Å². The standard InChI is InChI=1S/C10H10N2O/c11-10(13)8-3-1-2-7-4-5-12-6-9(7)8/h1-3,5H,4,6H2,(H2,11,13). The SMILES string of the molecule is NC(=O)c1cccc2c1CN=CC2. The molecule has 1 aliphatic heterocycles. The monoisotopic (exact) mass is 174 g/mol. The van der Waals surface area contributed by atoms with Crippen LogP contribution >= 0.6 is 0 Å². The molecule has 0 spiro atoms. The Kier molecular flexibility index (Phi) is 1.85. The zero-order valence-corrected chi connectivity index (χ0v) is 7.16. The van der Waals surface area contributed by atoms with Gasteiger partial charge in [-0.1, -0.05) is 12.1 Å². The summed E-state index contributed by atoms with van der Waals surface area (Å²) in [5.74, 6) is -0.367. The molecule has 13 heavy (non-hydrogen) atoms. The first-order valence-corrected chi connectivity index (χ1v) is 4.18. The van der Waals surface area contributed by atoms with E-state index < -0.39 is 0 Å². The Morgan fingerprint density at radius 2 is 2.31 bits per heavy atom. The quantitative estimate of drug-likeness (QED) is 0.676. The van der Waals surface area contributed by atoms with Crippen molar-refractivity contribution in [2.24, 2.45) is 10.7 Å². The molecule has 0 aromatic heterocycles. The molecule has 2 N–H and O–H groups in total. The van der Waals surface area contributed by atoms with E-state index in [1.165, 1.54) is 0 Å². The normalized spacial score (nSPS) is 13.8. The lowest BCUT2D eigenvalue weighted by Crippen LogP contribution is -2.16. The topological polar surface area (TPSA) is 55.5 Å². The molecule has 3 nitrogen and oxygen atoms in total. The van der Waals surface area contributed by atoms with Crippen molar-refractivity contribution in [3.05, 3.63) is 34.9 Å². The predicted octanol–water partition coefficient (Wildman–Crippen LogP) is 0.912. The molecule has 0 bridgehead atoms. The number of fused-ring (bicyclic) bond motifs is 1. The van der Waals surface area contributed by atoms with Crippen LogP contribution < -0.4 is 5.73 Å². The van der Waals surface area contributed by atoms with E-state index in [9.17, 15) is 4.79 Å². The van der Waals surface area contributed by atoms with E-state index in [1.807, 2.05) is 18.3 Å². The van der Waals surface area contributed by atoms with Crippen molar-refractivity contribution >= 4 is 12.1 Å². The van der Waals surface area contributed by atoms with Gasteiger partial charge in [-0.3, -0.25) is 9.79 Å². The molecular weight excluding hydrogens is 164 g/mol. The number of benzene rings is 1. The van der Waals surface area contributed by atoms with Crippen LogP contribution in [-0.2, 0) is 13.0 Å². The number of primary amides is 1. The molecule has 0 unspecified atom stereocenters. The summed E-state index contributed by atoms with van der Waals surface area (Å²) in [7, 11) is 0. The van der Waals surface area contributed by atoms with Crippen LogP contribution in [0, 0.1) is 0 Å². The van der Waals surface area contributed by atoms with Gasteiger partial charge in [0.05, 0.1) is 6.54 Å². The summed E-state index contributed by atoms with van der Waals surface area (Å²) in [5, 5.41) is 0. The van der Waals surface area contributed by atoms with E-state index in [0.717, 1.165) is 17.5 Å². The molecular formula is C10H10N2O. The lowest BCUT2D eigenvalue weighted by molar-refractivity contribution is 0.0999. The van der Waals surface area contributed by atoms with Gasteiger partial charge < -0.3 is 5.73 Å². The summed E-state index contributed by atoms with van der Waals surface area (Å²) in [5.41, 5.74) is 8.00. The van der Waals surface area contributed by atoms with E-state index in [1.54, 1.807) is 6.07 Å². The number of amides is 1. The fourth-order valence-electron chi connectivity index (χ4n) is 1.56. The summed E-state index contributed by atoms with van der Waals surface area (Å²) in [4.78, 5) is 15.2. The Morgan fingerprint density at radius 3 is 3.08 bits per heavy atom. The maximum Gasteiger partial charge on any atom is 0.249 e. The lowest BCUT2D eigenvalue weighted by Gasteiger charge is -2.12. The second-order valence-electron chi connectivity index (χ2n) is 3.03. The number of aliphatic imine (C=N–C) groups is 1. The van der Waals surface area contributed by atoms with Crippen molar-refractivity contribution in [3.8, 4) is 0 Å². The molecule has 66 valence electrons. The molecule has 1 aromatic carbocycles. The molecule has 1 aromatic rings. The second-order valence-corrected chi connectivity index (χ2v) is 3.03. The second kappa shape index (κ2) is 3.01. The molecule has 0 fully saturated rings. The molecule has 0 saturated carbocycles. The van der Waals surface area contributed by atoms with Crippen molar-refractivity contribution in [1.29, 1.82) is 0 Å². The predicted molar refractivity (Wildman–Crippen MR) is 50.9 cm³/mol. The third-order valence-corrected chi connectivity index (χ3v) is 2.23. The smallest absolute Gasteiger partial charge is 0.249 e. The van der Waals surface area contributed by atoms with Gasteiger partial charge in [0.1, 0.15) is 0 Å². The van der Waals surface area contributed by atoms with Crippen LogP contribution in [0.4, 0.5) is 0 Å². The highest BCUT2D eigenvalue weighted by Gasteiger charge is 2.12. The summed E-state index contributed by atoms with van der Waals surface area (Å²) in [6.07, 6.45) is 2.67. The minimum Gasteiger partial charge on any atom is -0.366 e. The first-order valence-electron chi connectivity index (χ1n) is 4.18. The molecule has 0 saturated heterocycles. The maximum absolute atomic E-state index is 11.0. The Labute approximate surface area is 76.3 Å². The van der Waals surface area contributed by atoms with Gasteiger partial charge >= 0.3 is 0 Å². The maximum atomic E-state index is 11.0. The van der Waals surface area contributed by atoms with Crippen LogP contribution in [0.3, 0.4) is 0 Å². The molecule has 1 heterocycles. The highest BCUT2D eigenvalue weighted by atomic mass is 16.1. The molecule has 2 rings (SSSR count). The van der Waals surface area contributed by atoms with Gasteiger partial charge in [-0.2, -0.15) is 0 Å². The average molecular weight is 174 g/mol. The largest absolute Gasteiger partial charge is 0.366 e. The number of rotatable bonds is 1. The lowest BCUT2D eigenvalue weighted by atomic mass is 9.97. The number of hydrogen-bond donors (Lipinski definition) is 1. The van der Waals surface area contributed by atoms with Crippen LogP contribution in [0.5, 0.6) is 0 Å². The summed E-state index contributed by atoms with van der Waals surface area (Å²) in [6.45, 7) is 0.578. The van der Waals surface area contributed by atoms with E-state index in [0.29, 0.717) is 12.1 Å². The van der Waals surface area contributed by atoms with E-state index >= 15 is 0 Å². The summed E-state index contributed by atoms with van der Waals surface area (Å²) < 4.78 is 0. The van der Waals surface area contributed by atoms with Crippen LogP contribution in [0.15, 0.2) is 23.2 Å². The Hall–Kier alpha value is -1.64.